The molecular formula is C12H8ClFN4. The lowest BCUT2D eigenvalue weighted by atomic mass is 10.1. The van der Waals surface area contributed by atoms with Crippen molar-refractivity contribution < 1.29 is 4.39 Å². The van der Waals surface area contributed by atoms with Crippen LogP contribution in [-0.2, 0) is 6.42 Å². The minimum atomic E-state index is -0.267. The van der Waals surface area contributed by atoms with Gasteiger partial charge in [0.2, 0.25) is 0 Å². The number of aromatic nitrogens is 4. The Kier molecular flexibility index (Phi) is 2.68. The van der Waals surface area contributed by atoms with Gasteiger partial charge in [-0.05, 0) is 23.8 Å². The van der Waals surface area contributed by atoms with Crippen molar-refractivity contribution in [2.45, 2.75) is 6.42 Å². The van der Waals surface area contributed by atoms with Crippen LogP contribution in [0.4, 0.5) is 4.39 Å². The highest BCUT2D eigenvalue weighted by Crippen LogP contribution is 2.13. The fourth-order valence-corrected chi connectivity index (χ4v) is 1.87. The summed E-state index contributed by atoms with van der Waals surface area (Å²) in [5, 5.41) is 12.4. The summed E-state index contributed by atoms with van der Waals surface area (Å²) < 4.78 is 15.1. The van der Waals surface area contributed by atoms with Gasteiger partial charge in [-0.1, -0.05) is 29.8 Å². The Morgan fingerprint density at radius 2 is 1.94 bits per heavy atom. The second-order valence-electron chi connectivity index (χ2n) is 3.81. The first-order valence-electron chi connectivity index (χ1n) is 5.34. The molecule has 90 valence electrons. The largest absolute Gasteiger partial charge is 0.207 e. The standard InChI is InChI=1S/C12H8ClFN4/c13-10-5-6-11-15-16-12(18(11)17-10)7-8-3-1-2-4-9(8)14/h1-6H,7H2. The molecule has 0 bridgehead atoms. The maximum Gasteiger partial charge on any atom is 0.178 e. The van der Waals surface area contributed by atoms with Crippen molar-refractivity contribution in [3.05, 3.63) is 58.8 Å². The Hall–Kier alpha value is -2.01. The molecule has 4 nitrogen and oxygen atoms in total. The third-order valence-electron chi connectivity index (χ3n) is 2.60. The molecule has 0 saturated carbocycles. The van der Waals surface area contributed by atoms with Gasteiger partial charge in [-0.2, -0.15) is 9.61 Å². The van der Waals surface area contributed by atoms with Crippen molar-refractivity contribution in [1.82, 2.24) is 19.8 Å². The summed E-state index contributed by atoms with van der Waals surface area (Å²) in [5.74, 6) is 0.286. The van der Waals surface area contributed by atoms with Gasteiger partial charge in [0.15, 0.2) is 11.5 Å². The highest BCUT2D eigenvalue weighted by atomic mass is 35.5. The van der Waals surface area contributed by atoms with Crippen LogP contribution in [0.2, 0.25) is 5.15 Å². The van der Waals surface area contributed by atoms with Gasteiger partial charge >= 0.3 is 0 Å². The Morgan fingerprint density at radius 3 is 2.78 bits per heavy atom. The highest BCUT2D eigenvalue weighted by molar-refractivity contribution is 6.29. The van der Waals surface area contributed by atoms with E-state index in [1.54, 1.807) is 30.3 Å². The highest BCUT2D eigenvalue weighted by Gasteiger charge is 2.10. The van der Waals surface area contributed by atoms with Crippen LogP contribution < -0.4 is 0 Å². The molecule has 6 heteroatoms. The fraction of sp³-hybridized carbons (Fsp3) is 0.0833. The van der Waals surface area contributed by atoms with Crippen molar-refractivity contribution in [3.63, 3.8) is 0 Å². The first-order valence-corrected chi connectivity index (χ1v) is 5.72. The molecule has 0 spiro atoms. The fourth-order valence-electron chi connectivity index (χ4n) is 1.73. The van der Waals surface area contributed by atoms with E-state index in [0.29, 0.717) is 28.6 Å². The molecule has 0 unspecified atom stereocenters. The van der Waals surface area contributed by atoms with Crippen molar-refractivity contribution in [2.75, 3.05) is 0 Å². The Morgan fingerprint density at radius 1 is 1.11 bits per heavy atom. The molecule has 0 radical (unpaired) electrons. The SMILES string of the molecule is Fc1ccccc1Cc1nnc2ccc(Cl)nn12. The summed E-state index contributed by atoms with van der Waals surface area (Å²) in [5.41, 5.74) is 1.14. The minimum absolute atomic E-state index is 0.267. The van der Waals surface area contributed by atoms with E-state index in [-0.39, 0.29) is 5.82 Å². The predicted octanol–water partition coefficient (Wildman–Crippen LogP) is 2.51. The Bertz CT molecular complexity index is 710. The van der Waals surface area contributed by atoms with Gasteiger partial charge in [0.05, 0.1) is 0 Å². The van der Waals surface area contributed by atoms with Gasteiger partial charge in [-0.25, -0.2) is 4.39 Å². The lowest BCUT2D eigenvalue weighted by Gasteiger charge is -2.01. The summed E-state index contributed by atoms with van der Waals surface area (Å²) >= 11 is 5.82. The Balaban J connectivity index is 2.05. The number of fused-ring (bicyclic) bond motifs is 1. The topological polar surface area (TPSA) is 43.1 Å². The number of hydrogen-bond acceptors (Lipinski definition) is 3. The first kappa shape index (κ1) is 11.1. The lowest BCUT2D eigenvalue weighted by molar-refractivity contribution is 0.611. The summed E-state index contributed by atoms with van der Waals surface area (Å²) in [6, 6.07) is 9.91. The van der Waals surface area contributed by atoms with Gasteiger partial charge in [-0.3, -0.25) is 0 Å². The normalized spacial score (nSPS) is 11.0. The van der Waals surface area contributed by atoms with Crippen LogP contribution in [-0.4, -0.2) is 19.8 Å². The van der Waals surface area contributed by atoms with Gasteiger partial charge in [0, 0.05) is 6.42 Å². The first-order chi connectivity index (χ1) is 8.74. The van der Waals surface area contributed by atoms with Crippen molar-refractivity contribution in [2.24, 2.45) is 0 Å². The van der Waals surface area contributed by atoms with Gasteiger partial charge < -0.3 is 0 Å². The van der Waals surface area contributed by atoms with Crippen LogP contribution >= 0.6 is 11.6 Å². The molecule has 0 aliphatic carbocycles. The molecule has 18 heavy (non-hydrogen) atoms. The predicted molar refractivity (Wildman–Crippen MR) is 65.0 cm³/mol. The molecule has 0 aliphatic rings. The second-order valence-corrected chi connectivity index (χ2v) is 4.20. The molecule has 2 heterocycles. The molecule has 0 fully saturated rings. The van der Waals surface area contributed by atoms with Crippen molar-refractivity contribution >= 4 is 17.2 Å². The molecule has 0 atom stereocenters. The average molecular weight is 263 g/mol. The third kappa shape index (κ3) is 1.93. The zero-order valence-electron chi connectivity index (χ0n) is 9.22. The van der Waals surface area contributed by atoms with Crippen LogP contribution in [0, 0.1) is 5.82 Å². The maximum absolute atomic E-state index is 13.6. The van der Waals surface area contributed by atoms with E-state index in [4.69, 9.17) is 11.6 Å². The zero-order valence-corrected chi connectivity index (χ0v) is 9.97. The monoisotopic (exact) mass is 262 g/mol. The molecular weight excluding hydrogens is 255 g/mol. The quantitative estimate of drug-likeness (QED) is 0.713. The average Bonchev–Trinajstić information content (AvgIpc) is 2.75. The molecule has 3 rings (SSSR count). The van der Waals surface area contributed by atoms with Gasteiger partial charge in [0.25, 0.3) is 0 Å². The molecule has 0 N–H and O–H groups in total. The van der Waals surface area contributed by atoms with Crippen LogP contribution in [0.1, 0.15) is 11.4 Å². The van der Waals surface area contributed by atoms with Crippen LogP contribution in [0.3, 0.4) is 0 Å². The van der Waals surface area contributed by atoms with Gasteiger partial charge in [0.1, 0.15) is 11.0 Å². The summed E-state index contributed by atoms with van der Waals surface area (Å²) in [6.45, 7) is 0. The van der Waals surface area contributed by atoms with Crippen molar-refractivity contribution in [1.29, 1.82) is 0 Å². The van der Waals surface area contributed by atoms with E-state index in [1.165, 1.54) is 10.6 Å². The summed E-state index contributed by atoms with van der Waals surface area (Å²) in [7, 11) is 0. The molecule has 0 saturated heterocycles. The summed E-state index contributed by atoms with van der Waals surface area (Å²) in [6.07, 6.45) is 0.321. The third-order valence-corrected chi connectivity index (χ3v) is 2.80. The van der Waals surface area contributed by atoms with E-state index in [2.05, 4.69) is 15.3 Å². The smallest absolute Gasteiger partial charge is 0.178 e. The number of rotatable bonds is 2. The number of hydrogen-bond donors (Lipinski definition) is 0. The Labute approximate surface area is 107 Å². The molecule has 0 amide bonds. The lowest BCUT2D eigenvalue weighted by Crippen LogP contribution is -2.01. The van der Waals surface area contributed by atoms with Gasteiger partial charge in [-0.15, -0.1) is 10.2 Å². The van der Waals surface area contributed by atoms with Crippen LogP contribution in [0.15, 0.2) is 36.4 Å². The van der Waals surface area contributed by atoms with E-state index in [0.717, 1.165) is 0 Å². The van der Waals surface area contributed by atoms with Crippen molar-refractivity contribution in [3.8, 4) is 0 Å². The van der Waals surface area contributed by atoms with Crippen LogP contribution in [0.5, 0.6) is 0 Å². The molecule has 0 aliphatic heterocycles. The number of nitrogens with zero attached hydrogens (tertiary/aromatic N) is 4. The van der Waals surface area contributed by atoms with E-state index in [1.807, 2.05) is 0 Å². The maximum atomic E-state index is 13.6. The second kappa shape index (κ2) is 4.34. The minimum Gasteiger partial charge on any atom is -0.207 e. The summed E-state index contributed by atoms with van der Waals surface area (Å²) in [4.78, 5) is 0. The molecule has 2 aromatic heterocycles. The van der Waals surface area contributed by atoms with Crippen LogP contribution in [0.25, 0.3) is 5.65 Å². The number of benzene rings is 1. The molecule has 3 aromatic rings. The number of halogens is 2. The zero-order chi connectivity index (χ0) is 12.5. The molecule has 1 aromatic carbocycles. The van der Waals surface area contributed by atoms with E-state index in [9.17, 15) is 4.39 Å². The van der Waals surface area contributed by atoms with E-state index < -0.39 is 0 Å². The van der Waals surface area contributed by atoms with E-state index >= 15 is 0 Å².